The summed E-state index contributed by atoms with van der Waals surface area (Å²) in [6.45, 7) is 1.26. The number of ether oxygens (including phenoxy) is 2. The SMILES string of the molecule is OC(Cn1nnc(-c2ccccc2)n1)c1ccc2c(c1)OCCO2. The van der Waals surface area contributed by atoms with Gasteiger partial charge in [0.2, 0.25) is 5.82 Å². The van der Waals surface area contributed by atoms with E-state index in [1.165, 1.54) is 4.80 Å². The number of aliphatic hydroxyl groups excluding tert-OH is 1. The number of rotatable bonds is 4. The van der Waals surface area contributed by atoms with Gasteiger partial charge in [-0.1, -0.05) is 36.4 Å². The molecule has 0 amide bonds. The van der Waals surface area contributed by atoms with Crippen molar-refractivity contribution in [3.05, 3.63) is 54.1 Å². The van der Waals surface area contributed by atoms with Crippen LogP contribution >= 0.6 is 0 Å². The van der Waals surface area contributed by atoms with E-state index in [2.05, 4.69) is 15.4 Å². The molecule has 1 aromatic heterocycles. The van der Waals surface area contributed by atoms with Gasteiger partial charge in [-0.3, -0.25) is 0 Å². The molecule has 0 radical (unpaired) electrons. The first-order valence-corrected chi connectivity index (χ1v) is 7.70. The van der Waals surface area contributed by atoms with Crippen LogP contribution < -0.4 is 9.47 Å². The van der Waals surface area contributed by atoms with Crippen molar-refractivity contribution in [1.29, 1.82) is 0 Å². The monoisotopic (exact) mass is 324 g/mol. The molecular formula is C17H16N4O3. The summed E-state index contributed by atoms with van der Waals surface area (Å²) in [5.74, 6) is 1.88. The number of aliphatic hydroxyl groups is 1. The summed E-state index contributed by atoms with van der Waals surface area (Å²) < 4.78 is 11.0. The van der Waals surface area contributed by atoms with Crippen molar-refractivity contribution in [3.63, 3.8) is 0 Å². The van der Waals surface area contributed by atoms with Gasteiger partial charge in [0.25, 0.3) is 0 Å². The molecule has 1 unspecified atom stereocenters. The maximum absolute atomic E-state index is 10.4. The number of benzene rings is 2. The Morgan fingerprint density at radius 2 is 1.83 bits per heavy atom. The van der Waals surface area contributed by atoms with Crippen LogP contribution in [0.1, 0.15) is 11.7 Å². The second kappa shape index (κ2) is 6.29. The van der Waals surface area contributed by atoms with E-state index < -0.39 is 6.10 Å². The molecule has 1 N–H and O–H groups in total. The van der Waals surface area contributed by atoms with E-state index in [4.69, 9.17) is 9.47 Å². The van der Waals surface area contributed by atoms with Crippen molar-refractivity contribution < 1.29 is 14.6 Å². The average Bonchev–Trinajstić information content (AvgIpc) is 3.10. The van der Waals surface area contributed by atoms with Crippen molar-refractivity contribution >= 4 is 0 Å². The quantitative estimate of drug-likeness (QED) is 0.788. The molecule has 0 spiro atoms. The summed E-state index contributed by atoms with van der Waals surface area (Å²) in [7, 11) is 0. The third-order valence-corrected chi connectivity index (χ3v) is 3.77. The van der Waals surface area contributed by atoms with Gasteiger partial charge in [0.15, 0.2) is 11.5 Å². The third-order valence-electron chi connectivity index (χ3n) is 3.77. The molecule has 1 aliphatic heterocycles. The van der Waals surface area contributed by atoms with Crippen LogP contribution in [0.2, 0.25) is 0 Å². The molecule has 7 nitrogen and oxygen atoms in total. The Hall–Kier alpha value is -2.93. The topological polar surface area (TPSA) is 82.3 Å². The predicted molar refractivity (Wildman–Crippen MR) is 85.6 cm³/mol. The zero-order valence-corrected chi connectivity index (χ0v) is 12.9. The van der Waals surface area contributed by atoms with Crippen LogP contribution in [0.5, 0.6) is 11.5 Å². The van der Waals surface area contributed by atoms with E-state index in [-0.39, 0.29) is 6.54 Å². The van der Waals surface area contributed by atoms with Crippen LogP contribution in [0.15, 0.2) is 48.5 Å². The molecule has 122 valence electrons. The average molecular weight is 324 g/mol. The molecule has 0 saturated heterocycles. The Morgan fingerprint density at radius 1 is 1.04 bits per heavy atom. The molecule has 1 atom stereocenters. The van der Waals surface area contributed by atoms with Crippen molar-refractivity contribution in [3.8, 4) is 22.9 Å². The van der Waals surface area contributed by atoms with Gasteiger partial charge >= 0.3 is 0 Å². The summed E-state index contributed by atoms with van der Waals surface area (Å²) in [5, 5.41) is 22.8. The standard InChI is InChI=1S/C17H16N4O3/c22-14(13-6-7-15-16(10-13)24-9-8-23-15)11-21-19-17(18-20-21)12-4-2-1-3-5-12/h1-7,10,14,22H,8-9,11H2. The number of tetrazole rings is 1. The van der Waals surface area contributed by atoms with Crippen LogP contribution in [0.25, 0.3) is 11.4 Å². The fourth-order valence-electron chi connectivity index (χ4n) is 2.55. The molecule has 2 heterocycles. The van der Waals surface area contributed by atoms with E-state index in [9.17, 15) is 5.11 Å². The van der Waals surface area contributed by atoms with Gasteiger partial charge in [0, 0.05) is 5.56 Å². The summed E-state index contributed by atoms with van der Waals surface area (Å²) in [5.41, 5.74) is 1.61. The number of fused-ring (bicyclic) bond motifs is 1. The maximum atomic E-state index is 10.4. The number of hydrogen-bond acceptors (Lipinski definition) is 6. The predicted octanol–water partition coefficient (Wildman–Crippen LogP) is 1.84. The first-order chi connectivity index (χ1) is 11.8. The van der Waals surface area contributed by atoms with Gasteiger partial charge < -0.3 is 14.6 Å². The molecule has 4 rings (SSSR count). The van der Waals surface area contributed by atoms with E-state index in [0.717, 1.165) is 11.1 Å². The second-order valence-corrected chi connectivity index (χ2v) is 5.45. The van der Waals surface area contributed by atoms with Crippen molar-refractivity contribution in [2.45, 2.75) is 12.6 Å². The molecule has 0 bridgehead atoms. The molecular weight excluding hydrogens is 308 g/mol. The lowest BCUT2D eigenvalue weighted by molar-refractivity contribution is 0.141. The highest BCUT2D eigenvalue weighted by atomic mass is 16.6. The Bertz CT molecular complexity index is 835. The molecule has 0 aliphatic carbocycles. The maximum Gasteiger partial charge on any atom is 0.204 e. The van der Waals surface area contributed by atoms with Crippen LogP contribution in [0.3, 0.4) is 0 Å². The van der Waals surface area contributed by atoms with E-state index >= 15 is 0 Å². The largest absolute Gasteiger partial charge is 0.486 e. The lowest BCUT2D eigenvalue weighted by Crippen LogP contribution is -2.16. The smallest absolute Gasteiger partial charge is 0.204 e. The van der Waals surface area contributed by atoms with Gasteiger partial charge in [-0.25, -0.2) is 0 Å². The highest BCUT2D eigenvalue weighted by molar-refractivity contribution is 5.53. The molecule has 24 heavy (non-hydrogen) atoms. The fourth-order valence-corrected chi connectivity index (χ4v) is 2.55. The van der Waals surface area contributed by atoms with Crippen LogP contribution in [-0.2, 0) is 6.54 Å². The zero-order chi connectivity index (χ0) is 16.4. The summed E-state index contributed by atoms with van der Waals surface area (Å²) in [6, 6.07) is 15.0. The fraction of sp³-hybridized carbons (Fsp3) is 0.235. The minimum Gasteiger partial charge on any atom is -0.486 e. The van der Waals surface area contributed by atoms with Gasteiger partial charge in [0.05, 0.1) is 6.54 Å². The third kappa shape index (κ3) is 2.93. The minimum absolute atomic E-state index is 0.208. The Labute approximate surface area is 138 Å². The zero-order valence-electron chi connectivity index (χ0n) is 12.9. The summed E-state index contributed by atoms with van der Waals surface area (Å²) in [4.78, 5) is 1.39. The molecule has 0 saturated carbocycles. The molecule has 1 aliphatic rings. The lowest BCUT2D eigenvalue weighted by Gasteiger charge is -2.20. The highest BCUT2D eigenvalue weighted by Crippen LogP contribution is 2.32. The number of hydrogen-bond donors (Lipinski definition) is 1. The molecule has 0 fully saturated rings. The van der Waals surface area contributed by atoms with E-state index in [1.54, 1.807) is 12.1 Å². The van der Waals surface area contributed by atoms with Crippen molar-refractivity contribution in [1.82, 2.24) is 20.2 Å². The highest BCUT2D eigenvalue weighted by Gasteiger charge is 2.17. The van der Waals surface area contributed by atoms with Gasteiger partial charge in [-0.05, 0) is 22.9 Å². The van der Waals surface area contributed by atoms with Gasteiger partial charge in [-0.15, -0.1) is 10.2 Å². The van der Waals surface area contributed by atoms with Gasteiger partial charge in [0.1, 0.15) is 19.3 Å². The number of aromatic nitrogens is 4. The van der Waals surface area contributed by atoms with E-state index in [1.807, 2.05) is 36.4 Å². The van der Waals surface area contributed by atoms with E-state index in [0.29, 0.717) is 30.5 Å². The molecule has 3 aromatic rings. The molecule has 2 aromatic carbocycles. The Morgan fingerprint density at radius 3 is 2.67 bits per heavy atom. The van der Waals surface area contributed by atoms with Crippen molar-refractivity contribution in [2.24, 2.45) is 0 Å². The minimum atomic E-state index is -0.765. The summed E-state index contributed by atoms with van der Waals surface area (Å²) in [6.07, 6.45) is -0.765. The summed E-state index contributed by atoms with van der Waals surface area (Å²) >= 11 is 0. The second-order valence-electron chi connectivity index (χ2n) is 5.45. The Balaban J connectivity index is 1.50. The Kier molecular flexibility index (Phi) is 3.84. The number of nitrogens with zero attached hydrogens (tertiary/aromatic N) is 4. The first-order valence-electron chi connectivity index (χ1n) is 7.70. The van der Waals surface area contributed by atoms with Crippen LogP contribution in [-0.4, -0.2) is 38.5 Å². The normalized spacial score (nSPS) is 14.4. The molecule has 7 heteroatoms. The van der Waals surface area contributed by atoms with Crippen molar-refractivity contribution in [2.75, 3.05) is 13.2 Å². The van der Waals surface area contributed by atoms with Gasteiger partial charge in [-0.2, -0.15) is 4.80 Å². The first kappa shape index (κ1) is 14.6. The van der Waals surface area contributed by atoms with Crippen LogP contribution in [0, 0.1) is 0 Å². The lowest BCUT2D eigenvalue weighted by atomic mass is 10.1. The van der Waals surface area contributed by atoms with Crippen LogP contribution in [0.4, 0.5) is 0 Å².